The summed E-state index contributed by atoms with van der Waals surface area (Å²) >= 11 is 0. The summed E-state index contributed by atoms with van der Waals surface area (Å²) in [6.07, 6.45) is 11.0. The predicted octanol–water partition coefficient (Wildman–Crippen LogP) is 8.48. The summed E-state index contributed by atoms with van der Waals surface area (Å²) in [5, 5.41) is 0. The molecule has 0 aromatic heterocycles. The minimum atomic E-state index is -0.335. The molecule has 1 heteroatoms. The van der Waals surface area contributed by atoms with Crippen molar-refractivity contribution in [1.82, 2.24) is 0 Å². The molecular formula is C33H35F. The number of unbranched alkanes of at least 4 members (excludes halogenated alkanes) is 5. The van der Waals surface area contributed by atoms with Crippen molar-refractivity contribution >= 4 is 0 Å². The highest BCUT2D eigenvalue weighted by atomic mass is 19.1. The molecule has 0 aliphatic carbocycles. The molecule has 0 saturated carbocycles. The standard InChI is InChI=1S/C33H35F/c1-3-5-7-9-11-28-12-16-29(17-13-28)20-21-31-23-25-32(33(34)26-31)24-22-30-18-14-27(15-19-30)10-8-6-4-2/h12-19,23,25-26H,3-11H2,1-2H3. The Balaban J connectivity index is 1.58. The third kappa shape index (κ3) is 8.57. The number of hydrogen-bond acceptors (Lipinski definition) is 0. The van der Waals surface area contributed by atoms with E-state index < -0.39 is 0 Å². The second kappa shape index (κ2) is 14.1. The lowest BCUT2D eigenvalue weighted by Crippen LogP contribution is -1.88. The van der Waals surface area contributed by atoms with E-state index in [0.717, 1.165) is 24.0 Å². The lowest BCUT2D eigenvalue weighted by Gasteiger charge is -2.01. The maximum absolute atomic E-state index is 14.6. The van der Waals surface area contributed by atoms with E-state index in [-0.39, 0.29) is 5.82 Å². The van der Waals surface area contributed by atoms with Gasteiger partial charge in [-0.3, -0.25) is 0 Å². The van der Waals surface area contributed by atoms with Gasteiger partial charge in [-0.15, -0.1) is 0 Å². The van der Waals surface area contributed by atoms with Gasteiger partial charge in [0, 0.05) is 16.7 Å². The smallest absolute Gasteiger partial charge is 0.140 e. The molecule has 3 aromatic rings. The van der Waals surface area contributed by atoms with Gasteiger partial charge in [-0.1, -0.05) is 93.9 Å². The molecule has 0 heterocycles. The van der Waals surface area contributed by atoms with Crippen LogP contribution in [0.2, 0.25) is 0 Å². The van der Waals surface area contributed by atoms with Crippen LogP contribution in [0.15, 0.2) is 66.7 Å². The van der Waals surface area contributed by atoms with Crippen LogP contribution >= 0.6 is 0 Å². The van der Waals surface area contributed by atoms with Crippen molar-refractivity contribution in [3.8, 4) is 23.7 Å². The molecule has 3 rings (SSSR count). The molecule has 0 saturated heterocycles. The van der Waals surface area contributed by atoms with Crippen LogP contribution in [0.3, 0.4) is 0 Å². The molecule has 0 amide bonds. The number of rotatable bonds is 9. The summed E-state index contributed by atoms with van der Waals surface area (Å²) in [7, 11) is 0. The normalized spacial score (nSPS) is 10.2. The van der Waals surface area contributed by atoms with Crippen LogP contribution in [0.1, 0.15) is 92.2 Å². The highest BCUT2D eigenvalue weighted by molar-refractivity contribution is 5.49. The van der Waals surface area contributed by atoms with Crippen LogP contribution < -0.4 is 0 Å². The molecule has 0 radical (unpaired) electrons. The first-order valence-corrected chi connectivity index (χ1v) is 12.7. The van der Waals surface area contributed by atoms with E-state index in [9.17, 15) is 4.39 Å². The Hall–Kier alpha value is -3.29. The van der Waals surface area contributed by atoms with Gasteiger partial charge in [0.05, 0.1) is 5.56 Å². The van der Waals surface area contributed by atoms with Gasteiger partial charge < -0.3 is 0 Å². The lowest BCUT2D eigenvalue weighted by molar-refractivity contribution is 0.624. The van der Waals surface area contributed by atoms with Crippen molar-refractivity contribution in [1.29, 1.82) is 0 Å². The molecule has 3 aromatic carbocycles. The topological polar surface area (TPSA) is 0 Å². The summed E-state index contributed by atoms with van der Waals surface area (Å²) in [6, 6.07) is 21.7. The molecule has 34 heavy (non-hydrogen) atoms. The van der Waals surface area contributed by atoms with E-state index >= 15 is 0 Å². The first kappa shape index (κ1) is 25.3. The molecule has 0 atom stereocenters. The van der Waals surface area contributed by atoms with Crippen molar-refractivity contribution in [2.75, 3.05) is 0 Å². The fourth-order valence-electron chi connectivity index (χ4n) is 3.82. The summed E-state index contributed by atoms with van der Waals surface area (Å²) in [6.45, 7) is 4.44. The van der Waals surface area contributed by atoms with Crippen molar-refractivity contribution in [3.05, 3.63) is 106 Å². The van der Waals surface area contributed by atoms with E-state index in [1.54, 1.807) is 6.07 Å². The minimum absolute atomic E-state index is 0.335. The van der Waals surface area contributed by atoms with Crippen LogP contribution in [0, 0.1) is 29.5 Å². The van der Waals surface area contributed by atoms with Gasteiger partial charge in [0.2, 0.25) is 0 Å². The van der Waals surface area contributed by atoms with Crippen molar-refractivity contribution < 1.29 is 4.39 Å². The Morgan fingerprint density at radius 3 is 1.56 bits per heavy atom. The van der Waals surface area contributed by atoms with Gasteiger partial charge in [-0.2, -0.15) is 0 Å². The Kier molecular flexibility index (Phi) is 10.5. The fraction of sp³-hybridized carbons (Fsp3) is 0.333. The fourth-order valence-corrected chi connectivity index (χ4v) is 3.82. The summed E-state index contributed by atoms with van der Waals surface area (Å²) in [4.78, 5) is 0. The molecule has 0 bridgehead atoms. The van der Waals surface area contributed by atoms with E-state index in [1.807, 2.05) is 30.3 Å². The molecule has 0 aliphatic heterocycles. The largest absolute Gasteiger partial charge is 0.206 e. The highest BCUT2D eigenvalue weighted by Gasteiger charge is 2.00. The quantitative estimate of drug-likeness (QED) is 0.226. The van der Waals surface area contributed by atoms with Crippen LogP contribution in [0.25, 0.3) is 0 Å². The summed E-state index contributed by atoms with van der Waals surface area (Å²) < 4.78 is 14.6. The van der Waals surface area contributed by atoms with E-state index in [2.05, 4.69) is 61.8 Å². The molecule has 0 fully saturated rings. The molecule has 0 aliphatic rings. The maximum Gasteiger partial charge on any atom is 0.140 e. The van der Waals surface area contributed by atoms with Gasteiger partial charge in [0.15, 0.2) is 0 Å². The molecule has 0 N–H and O–H groups in total. The minimum Gasteiger partial charge on any atom is -0.206 e. The maximum atomic E-state index is 14.6. The zero-order valence-corrected chi connectivity index (χ0v) is 20.6. The molecule has 0 spiro atoms. The third-order valence-corrected chi connectivity index (χ3v) is 5.96. The SMILES string of the molecule is CCCCCCc1ccc(C#Cc2ccc(C#Cc3ccc(CCCCC)cc3)c(F)c2)cc1. The molecule has 0 nitrogen and oxygen atoms in total. The molecule has 0 unspecified atom stereocenters. The van der Waals surface area contributed by atoms with Crippen LogP contribution in [0.4, 0.5) is 4.39 Å². The first-order chi connectivity index (χ1) is 16.7. The molecule has 174 valence electrons. The summed E-state index contributed by atoms with van der Waals surface area (Å²) in [5.41, 5.74) is 5.57. The van der Waals surface area contributed by atoms with E-state index in [1.165, 1.54) is 62.1 Å². The van der Waals surface area contributed by atoms with Gasteiger partial charge in [-0.05, 0) is 79.3 Å². The van der Waals surface area contributed by atoms with Gasteiger partial charge >= 0.3 is 0 Å². The zero-order chi connectivity index (χ0) is 24.0. The van der Waals surface area contributed by atoms with Crippen LogP contribution in [-0.4, -0.2) is 0 Å². The van der Waals surface area contributed by atoms with Gasteiger partial charge in [0.25, 0.3) is 0 Å². The van der Waals surface area contributed by atoms with Crippen molar-refractivity contribution in [3.63, 3.8) is 0 Å². The Morgan fingerprint density at radius 2 is 1.00 bits per heavy atom. The monoisotopic (exact) mass is 450 g/mol. The second-order valence-corrected chi connectivity index (χ2v) is 8.86. The lowest BCUT2D eigenvalue weighted by atomic mass is 10.0. The average molecular weight is 451 g/mol. The summed E-state index contributed by atoms with van der Waals surface area (Å²) in [5.74, 6) is 11.9. The zero-order valence-electron chi connectivity index (χ0n) is 20.6. The van der Waals surface area contributed by atoms with Gasteiger partial charge in [0.1, 0.15) is 5.82 Å². The van der Waals surface area contributed by atoms with E-state index in [0.29, 0.717) is 11.1 Å². The predicted molar refractivity (Wildman–Crippen MR) is 142 cm³/mol. The number of hydrogen-bond donors (Lipinski definition) is 0. The van der Waals surface area contributed by atoms with Crippen LogP contribution in [0.5, 0.6) is 0 Å². The Morgan fingerprint density at radius 1 is 0.529 bits per heavy atom. The number of halogens is 1. The van der Waals surface area contributed by atoms with Crippen molar-refractivity contribution in [2.45, 2.75) is 71.6 Å². The average Bonchev–Trinajstić information content (AvgIpc) is 2.86. The second-order valence-electron chi connectivity index (χ2n) is 8.86. The highest BCUT2D eigenvalue weighted by Crippen LogP contribution is 2.12. The first-order valence-electron chi connectivity index (χ1n) is 12.7. The third-order valence-electron chi connectivity index (χ3n) is 5.96. The van der Waals surface area contributed by atoms with Gasteiger partial charge in [-0.25, -0.2) is 4.39 Å². The van der Waals surface area contributed by atoms with Crippen LogP contribution in [-0.2, 0) is 12.8 Å². The van der Waals surface area contributed by atoms with Crippen molar-refractivity contribution in [2.24, 2.45) is 0 Å². The number of benzene rings is 3. The Labute approximate surface area is 205 Å². The number of aryl methyl sites for hydroxylation is 2. The molecular weight excluding hydrogens is 415 g/mol. The Bertz CT molecular complexity index is 1150. The van der Waals surface area contributed by atoms with E-state index in [4.69, 9.17) is 0 Å².